The second-order valence-electron chi connectivity index (χ2n) is 7.47. The van der Waals surface area contributed by atoms with Crippen molar-refractivity contribution in [1.29, 1.82) is 0 Å². The molecule has 2 heterocycles. The minimum Gasteiger partial charge on any atom is -0.449 e. The molecule has 0 saturated heterocycles. The number of hydrogen-bond donors (Lipinski definition) is 2. The van der Waals surface area contributed by atoms with Crippen LogP contribution in [-0.2, 0) is 4.74 Å². The molecular formula is C21H25N5O2. The molecule has 3 aromatic rings. The number of amides is 1. The number of carbonyl (C=O) groups is 1. The summed E-state index contributed by atoms with van der Waals surface area (Å²) >= 11 is 0. The molecule has 0 fully saturated rings. The Morgan fingerprint density at radius 1 is 1.14 bits per heavy atom. The Labute approximate surface area is 164 Å². The lowest BCUT2D eigenvalue weighted by atomic mass is 10.1. The largest absolute Gasteiger partial charge is 0.449 e. The highest BCUT2D eigenvalue weighted by molar-refractivity contribution is 5.82. The first-order valence-electron chi connectivity index (χ1n) is 9.28. The van der Waals surface area contributed by atoms with Gasteiger partial charge in [0.05, 0.1) is 17.8 Å². The Bertz CT molecular complexity index is 953. The predicted octanol–water partition coefficient (Wildman–Crippen LogP) is 4.02. The molecule has 0 bridgehead atoms. The third-order valence-electron chi connectivity index (χ3n) is 3.86. The molecule has 7 nitrogen and oxygen atoms in total. The molecule has 0 atom stereocenters. The predicted molar refractivity (Wildman–Crippen MR) is 110 cm³/mol. The van der Waals surface area contributed by atoms with Crippen LogP contribution in [0.3, 0.4) is 0 Å². The SMILES string of the molecule is CC(C)(C)NC(=O)OCCCNc1nccc(-c2cnc3ccccc3c2)n1. The number of nitrogens with zero attached hydrogens (tertiary/aromatic N) is 3. The van der Waals surface area contributed by atoms with Crippen LogP contribution in [0.25, 0.3) is 22.2 Å². The summed E-state index contributed by atoms with van der Waals surface area (Å²) in [5, 5.41) is 6.98. The van der Waals surface area contributed by atoms with Crippen molar-refractivity contribution in [3.05, 3.63) is 48.8 Å². The molecule has 2 N–H and O–H groups in total. The van der Waals surface area contributed by atoms with Crippen LogP contribution in [0, 0.1) is 0 Å². The molecule has 0 aliphatic rings. The summed E-state index contributed by atoms with van der Waals surface area (Å²) in [6, 6.07) is 11.9. The van der Waals surface area contributed by atoms with Gasteiger partial charge in [-0.15, -0.1) is 0 Å². The first-order chi connectivity index (χ1) is 13.4. The number of aromatic nitrogens is 3. The van der Waals surface area contributed by atoms with Crippen LogP contribution < -0.4 is 10.6 Å². The van der Waals surface area contributed by atoms with E-state index in [1.807, 2.05) is 57.3 Å². The van der Waals surface area contributed by atoms with Gasteiger partial charge in [-0.05, 0) is 45.4 Å². The van der Waals surface area contributed by atoms with Crippen molar-refractivity contribution in [2.45, 2.75) is 32.7 Å². The van der Waals surface area contributed by atoms with E-state index in [0.29, 0.717) is 25.5 Å². The monoisotopic (exact) mass is 379 g/mol. The van der Waals surface area contributed by atoms with Crippen LogP contribution in [0.1, 0.15) is 27.2 Å². The van der Waals surface area contributed by atoms with E-state index >= 15 is 0 Å². The van der Waals surface area contributed by atoms with E-state index in [0.717, 1.165) is 22.2 Å². The van der Waals surface area contributed by atoms with Gasteiger partial charge in [-0.1, -0.05) is 18.2 Å². The summed E-state index contributed by atoms with van der Waals surface area (Å²) in [4.78, 5) is 24.9. The normalized spacial score (nSPS) is 11.2. The molecule has 1 aromatic carbocycles. The second-order valence-corrected chi connectivity index (χ2v) is 7.47. The van der Waals surface area contributed by atoms with Gasteiger partial charge in [0.25, 0.3) is 0 Å². The third kappa shape index (κ3) is 5.64. The van der Waals surface area contributed by atoms with Gasteiger partial charge in [-0.25, -0.2) is 14.8 Å². The number of fused-ring (bicyclic) bond motifs is 1. The molecule has 3 rings (SSSR count). The van der Waals surface area contributed by atoms with Gasteiger partial charge in [-0.2, -0.15) is 0 Å². The first-order valence-corrected chi connectivity index (χ1v) is 9.28. The molecule has 7 heteroatoms. The summed E-state index contributed by atoms with van der Waals surface area (Å²) in [6.07, 6.45) is 3.78. The number of pyridine rings is 1. The maximum atomic E-state index is 11.6. The number of rotatable bonds is 6. The van der Waals surface area contributed by atoms with Crippen LogP contribution in [0.2, 0.25) is 0 Å². The molecule has 0 aliphatic heterocycles. The highest BCUT2D eigenvalue weighted by Gasteiger charge is 2.14. The highest BCUT2D eigenvalue weighted by Crippen LogP contribution is 2.21. The van der Waals surface area contributed by atoms with Gasteiger partial charge in [-0.3, -0.25) is 4.98 Å². The van der Waals surface area contributed by atoms with Crippen LogP contribution in [0.15, 0.2) is 48.8 Å². The zero-order valence-corrected chi connectivity index (χ0v) is 16.4. The summed E-state index contributed by atoms with van der Waals surface area (Å²) in [6.45, 7) is 6.65. The van der Waals surface area contributed by atoms with E-state index in [4.69, 9.17) is 4.74 Å². The lowest BCUT2D eigenvalue weighted by Gasteiger charge is -2.19. The molecule has 2 aromatic heterocycles. The quantitative estimate of drug-likeness (QED) is 0.629. The fourth-order valence-electron chi connectivity index (χ4n) is 2.60. The van der Waals surface area contributed by atoms with Crippen molar-refractivity contribution < 1.29 is 9.53 Å². The molecule has 0 aliphatic carbocycles. The van der Waals surface area contributed by atoms with Gasteiger partial charge in [0, 0.05) is 35.4 Å². The van der Waals surface area contributed by atoms with Crippen molar-refractivity contribution in [2.24, 2.45) is 0 Å². The van der Waals surface area contributed by atoms with Crippen LogP contribution >= 0.6 is 0 Å². The van der Waals surface area contributed by atoms with Crippen LogP contribution in [0.5, 0.6) is 0 Å². The highest BCUT2D eigenvalue weighted by atomic mass is 16.5. The molecule has 1 amide bonds. The average molecular weight is 379 g/mol. The fraction of sp³-hybridized carbons (Fsp3) is 0.333. The van der Waals surface area contributed by atoms with Crippen molar-refractivity contribution in [1.82, 2.24) is 20.3 Å². The molecular weight excluding hydrogens is 354 g/mol. The maximum Gasteiger partial charge on any atom is 0.407 e. The number of hydrogen-bond acceptors (Lipinski definition) is 6. The van der Waals surface area contributed by atoms with Gasteiger partial charge in [0.1, 0.15) is 0 Å². The number of ether oxygens (including phenoxy) is 1. The lowest BCUT2D eigenvalue weighted by molar-refractivity contribution is 0.137. The van der Waals surface area contributed by atoms with E-state index in [1.165, 1.54) is 0 Å². The fourth-order valence-corrected chi connectivity index (χ4v) is 2.60. The molecule has 0 saturated carbocycles. The minimum absolute atomic E-state index is 0.304. The molecule has 0 unspecified atom stereocenters. The van der Waals surface area contributed by atoms with Crippen molar-refractivity contribution in [2.75, 3.05) is 18.5 Å². The average Bonchev–Trinajstić information content (AvgIpc) is 2.66. The molecule has 0 spiro atoms. The molecule has 0 radical (unpaired) electrons. The van der Waals surface area contributed by atoms with Crippen LogP contribution in [-0.4, -0.2) is 39.7 Å². The molecule has 146 valence electrons. The van der Waals surface area contributed by atoms with Gasteiger partial charge in [0.2, 0.25) is 5.95 Å². The van der Waals surface area contributed by atoms with Gasteiger partial charge < -0.3 is 15.4 Å². The number of alkyl carbamates (subject to hydrolysis) is 1. The third-order valence-corrected chi connectivity index (χ3v) is 3.86. The number of benzene rings is 1. The number of carbonyl (C=O) groups excluding carboxylic acids is 1. The second kappa shape index (κ2) is 8.65. The Hall–Kier alpha value is -3.22. The zero-order chi connectivity index (χ0) is 20.0. The summed E-state index contributed by atoms with van der Waals surface area (Å²) in [7, 11) is 0. The maximum absolute atomic E-state index is 11.6. The van der Waals surface area contributed by atoms with Crippen molar-refractivity contribution in [3.63, 3.8) is 0 Å². The summed E-state index contributed by atoms with van der Waals surface area (Å²) < 4.78 is 5.15. The Morgan fingerprint density at radius 3 is 2.79 bits per heavy atom. The number of para-hydroxylation sites is 1. The lowest BCUT2D eigenvalue weighted by Crippen LogP contribution is -2.41. The summed E-state index contributed by atoms with van der Waals surface area (Å²) in [5.41, 5.74) is 2.39. The number of nitrogens with one attached hydrogen (secondary N) is 2. The number of anilines is 1. The van der Waals surface area contributed by atoms with E-state index in [1.54, 1.807) is 6.20 Å². The van der Waals surface area contributed by atoms with Crippen molar-refractivity contribution in [3.8, 4) is 11.3 Å². The standard InChI is InChI=1S/C21H25N5O2/c1-21(2,3)26-20(27)28-12-6-10-22-19-23-11-9-18(25-19)16-13-15-7-4-5-8-17(15)24-14-16/h4-5,7-9,11,13-14H,6,10,12H2,1-3H3,(H,26,27)(H,22,23,25). The summed E-state index contributed by atoms with van der Waals surface area (Å²) in [5.74, 6) is 0.532. The van der Waals surface area contributed by atoms with E-state index in [2.05, 4.69) is 31.7 Å². The van der Waals surface area contributed by atoms with E-state index < -0.39 is 6.09 Å². The van der Waals surface area contributed by atoms with Crippen LogP contribution in [0.4, 0.5) is 10.7 Å². The Morgan fingerprint density at radius 2 is 1.96 bits per heavy atom. The minimum atomic E-state index is -0.408. The van der Waals surface area contributed by atoms with Crippen molar-refractivity contribution >= 4 is 22.9 Å². The first kappa shape index (κ1) is 19.5. The molecule has 28 heavy (non-hydrogen) atoms. The topological polar surface area (TPSA) is 89.0 Å². The van der Waals surface area contributed by atoms with Gasteiger partial charge >= 0.3 is 6.09 Å². The van der Waals surface area contributed by atoms with Gasteiger partial charge in [0.15, 0.2) is 0 Å². The zero-order valence-electron chi connectivity index (χ0n) is 16.4. The Balaban J connectivity index is 1.53. The van der Waals surface area contributed by atoms with E-state index in [9.17, 15) is 4.79 Å². The Kier molecular flexibility index (Phi) is 6.03. The van der Waals surface area contributed by atoms with E-state index in [-0.39, 0.29) is 5.54 Å². The smallest absolute Gasteiger partial charge is 0.407 e.